The predicted octanol–water partition coefficient (Wildman–Crippen LogP) is -0.396. The second-order valence-corrected chi connectivity index (χ2v) is 2.35. The third-order valence-electron chi connectivity index (χ3n) is 1.15. The van der Waals surface area contributed by atoms with Gasteiger partial charge in [-0.25, -0.2) is 8.78 Å². The van der Waals surface area contributed by atoms with E-state index in [0.29, 0.717) is 0 Å². The van der Waals surface area contributed by atoms with Crippen molar-refractivity contribution in [1.82, 2.24) is 10.6 Å². The summed E-state index contributed by atoms with van der Waals surface area (Å²) in [6, 6.07) is 0. The van der Waals surface area contributed by atoms with Crippen LogP contribution in [0.15, 0.2) is 0 Å². The lowest BCUT2D eigenvalue weighted by Gasteiger charge is -2.05. The van der Waals surface area contributed by atoms with Crippen LogP contribution in [0.5, 0.6) is 0 Å². The van der Waals surface area contributed by atoms with E-state index < -0.39 is 13.0 Å². The van der Waals surface area contributed by atoms with Gasteiger partial charge in [0.15, 0.2) is 0 Å². The second kappa shape index (κ2) is 7.88. The first-order valence-electron chi connectivity index (χ1n) is 3.94. The van der Waals surface area contributed by atoms with Crippen molar-refractivity contribution in [2.45, 2.75) is 6.43 Å². The van der Waals surface area contributed by atoms with E-state index in [4.69, 9.17) is 0 Å². The third-order valence-corrected chi connectivity index (χ3v) is 1.15. The van der Waals surface area contributed by atoms with Crippen LogP contribution in [0, 0.1) is 0 Å². The van der Waals surface area contributed by atoms with Crippen LogP contribution in [-0.4, -0.2) is 45.7 Å². The standard InChI is InChI=1S/C7H14F2N2O2/c1-10-4-7(12)11-2-3-13-5-6(8)9/h6,10H,2-5H2,1H3,(H,11,12). The second-order valence-electron chi connectivity index (χ2n) is 2.35. The van der Waals surface area contributed by atoms with Crippen LogP contribution >= 0.6 is 0 Å². The summed E-state index contributed by atoms with van der Waals surface area (Å²) in [6.07, 6.45) is -2.45. The van der Waals surface area contributed by atoms with Crippen molar-refractivity contribution in [3.63, 3.8) is 0 Å². The predicted molar refractivity (Wildman–Crippen MR) is 43.8 cm³/mol. The zero-order chi connectivity index (χ0) is 10.1. The van der Waals surface area contributed by atoms with Crippen LogP contribution in [0.25, 0.3) is 0 Å². The van der Waals surface area contributed by atoms with E-state index in [9.17, 15) is 13.6 Å². The van der Waals surface area contributed by atoms with Crippen molar-refractivity contribution in [2.24, 2.45) is 0 Å². The van der Waals surface area contributed by atoms with Crippen LogP contribution in [-0.2, 0) is 9.53 Å². The lowest BCUT2D eigenvalue weighted by Crippen LogP contribution is -2.34. The van der Waals surface area contributed by atoms with Crippen molar-refractivity contribution < 1.29 is 18.3 Å². The molecule has 0 aromatic heterocycles. The van der Waals surface area contributed by atoms with Crippen molar-refractivity contribution >= 4 is 5.91 Å². The highest BCUT2D eigenvalue weighted by Gasteiger charge is 2.01. The summed E-state index contributed by atoms with van der Waals surface area (Å²) in [4.78, 5) is 10.8. The lowest BCUT2D eigenvalue weighted by molar-refractivity contribution is -0.120. The van der Waals surface area contributed by atoms with Crippen LogP contribution in [0.4, 0.5) is 8.78 Å². The number of hydrogen-bond donors (Lipinski definition) is 2. The molecular formula is C7H14F2N2O2. The number of carbonyl (C=O) groups is 1. The highest BCUT2D eigenvalue weighted by Crippen LogP contribution is 1.90. The van der Waals surface area contributed by atoms with E-state index in [1.807, 2.05) is 0 Å². The minimum atomic E-state index is -2.45. The summed E-state index contributed by atoms with van der Waals surface area (Å²) in [5.74, 6) is -0.178. The number of nitrogens with one attached hydrogen (secondary N) is 2. The number of ether oxygens (including phenoxy) is 1. The topological polar surface area (TPSA) is 50.4 Å². The highest BCUT2D eigenvalue weighted by atomic mass is 19.3. The smallest absolute Gasteiger partial charge is 0.261 e. The van der Waals surface area contributed by atoms with E-state index in [1.54, 1.807) is 7.05 Å². The van der Waals surface area contributed by atoms with Crippen molar-refractivity contribution in [3.05, 3.63) is 0 Å². The van der Waals surface area contributed by atoms with Gasteiger partial charge in [0.25, 0.3) is 6.43 Å². The van der Waals surface area contributed by atoms with Gasteiger partial charge in [0.2, 0.25) is 5.91 Å². The van der Waals surface area contributed by atoms with Gasteiger partial charge >= 0.3 is 0 Å². The van der Waals surface area contributed by atoms with Gasteiger partial charge in [0.1, 0.15) is 6.61 Å². The largest absolute Gasteiger partial charge is 0.374 e. The number of hydrogen-bond acceptors (Lipinski definition) is 3. The molecule has 1 amide bonds. The van der Waals surface area contributed by atoms with Crippen LogP contribution < -0.4 is 10.6 Å². The van der Waals surface area contributed by atoms with Crippen molar-refractivity contribution in [3.8, 4) is 0 Å². The molecule has 78 valence electrons. The molecule has 13 heavy (non-hydrogen) atoms. The van der Waals surface area contributed by atoms with Crippen molar-refractivity contribution in [1.29, 1.82) is 0 Å². The molecule has 0 aliphatic carbocycles. The molecule has 2 N–H and O–H groups in total. The van der Waals surface area contributed by atoms with Gasteiger partial charge in [-0.2, -0.15) is 0 Å². The Hall–Kier alpha value is -0.750. The van der Waals surface area contributed by atoms with Gasteiger partial charge in [0, 0.05) is 6.54 Å². The first kappa shape index (κ1) is 12.2. The Morgan fingerprint density at radius 1 is 1.54 bits per heavy atom. The molecular weight excluding hydrogens is 182 g/mol. The molecule has 0 heterocycles. The maximum Gasteiger partial charge on any atom is 0.261 e. The van der Waals surface area contributed by atoms with Crippen molar-refractivity contribution in [2.75, 3.05) is 33.4 Å². The van der Waals surface area contributed by atoms with Gasteiger partial charge in [-0.15, -0.1) is 0 Å². The Labute approximate surface area is 75.6 Å². The lowest BCUT2D eigenvalue weighted by atomic mass is 10.5. The molecule has 0 radical (unpaired) electrons. The SMILES string of the molecule is CNCC(=O)NCCOCC(F)F. The van der Waals surface area contributed by atoms with Crippen LogP contribution in [0.2, 0.25) is 0 Å². The Bertz CT molecular complexity index is 144. The van der Waals surface area contributed by atoms with Gasteiger partial charge < -0.3 is 15.4 Å². The molecule has 0 aliphatic heterocycles. The van der Waals surface area contributed by atoms with Gasteiger partial charge in [0.05, 0.1) is 13.2 Å². The molecule has 6 heteroatoms. The summed E-state index contributed by atoms with van der Waals surface area (Å²) in [7, 11) is 1.65. The number of carbonyl (C=O) groups excluding carboxylic acids is 1. The average molecular weight is 196 g/mol. The quantitative estimate of drug-likeness (QED) is 0.545. The summed E-state index contributed by atoms with van der Waals surface area (Å²) in [5, 5.41) is 5.14. The van der Waals surface area contributed by atoms with E-state index in [0.717, 1.165) is 0 Å². The minimum absolute atomic E-state index is 0.111. The fourth-order valence-corrected chi connectivity index (χ4v) is 0.658. The number of rotatable bonds is 7. The number of amides is 1. The fourth-order valence-electron chi connectivity index (χ4n) is 0.658. The molecule has 0 fully saturated rings. The monoisotopic (exact) mass is 196 g/mol. The molecule has 0 rings (SSSR count). The Morgan fingerprint density at radius 3 is 2.77 bits per heavy atom. The summed E-state index contributed by atoms with van der Waals surface area (Å²) in [6.45, 7) is 0.00374. The molecule has 0 saturated carbocycles. The summed E-state index contributed by atoms with van der Waals surface area (Å²) < 4.78 is 27.6. The first-order chi connectivity index (χ1) is 6.16. The zero-order valence-electron chi connectivity index (χ0n) is 7.48. The molecule has 4 nitrogen and oxygen atoms in total. The third kappa shape index (κ3) is 9.16. The van der Waals surface area contributed by atoms with E-state index in [2.05, 4.69) is 15.4 Å². The molecule has 0 aromatic rings. The average Bonchev–Trinajstić information content (AvgIpc) is 2.03. The summed E-state index contributed by atoms with van der Waals surface area (Å²) >= 11 is 0. The molecule has 0 aliphatic rings. The maximum atomic E-state index is 11.5. The van der Waals surface area contributed by atoms with Crippen LogP contribution in [0.3, 0.4) is 0 Å². The van der Waals surface area contributed by atoms with Gasteiger partial charge in [-0.3, -0.25) is 4.79 Å². The molecule has 0 atom stereocenters. The Balaban J connectivity index is 3.11. The van der Waals surface area contributed by atoms with E-state index >= 15 is 0 Å². The molecule has 0 bridgehead atoms. The zero-order valence-corrected chi connectivity index (χ0v) is 7.48. The molecule has 0 spiro atoms. The minimum Gasteiger partial charge on any atom is -0.374 e. The molecule has 0 saturated heterocycles. The van der Waals surface area contributed by atoms with Gasteiger partial charge in [-0.1, -0.05) is 0 Å². The number of halogens is 2. The first-order valence-corrected chi connectivity index (χ1v) is 3.94. The number of likely N-dealkylation sites (N-methyl/N-ethyl adjacent to an activating group) is 1. The van der Waals surface area contributed by atoms with E-state index in [1.165, 1.54) is 0 Å². The maximum absolute atomic E-state index is 11.5. The molecule has 0 aromatic carbocycles. The number of alkyl halides is 2. The molecule has 0 unspecified atom stereocenters. The Morgan fingerprint density at radius 2 is 2.23 bits per heavy atom. The Kier molecular flexibility index (Phi) is 7.42. The van der Waals surface area contributed by atoms with E-state index in [-0.39, 0.29) is 25.6 Å². The van der Waals surface area contributed by atoms with Crippen LogP contribution in [0.1, 0.15) is 0 Å². The highest BCUT2D eigenvalue weighted by molar-refractivity contribution is 5.77. The van der Waals surface area contributed by atoms with Gasteiger partial charge in [-0.05, 0) is 7.05 Å². The fraction of sp³-hybridized carbons (Fsp3) is 0.857. The summed E-state index contributed by atoms with van der Waals surface area (Å²) in [5.41, 5.74) is 0. The normalized spacial score (nSPS) is 10.5.